The Labute approximate surface area is 123 Å². The van der Waals surface area contributed by atoms with Gasteiger partial charge in [-0.25, -0.2) is 5.10 Å². The molecule has 0 aliphatic carbocycles. The Morgan fingerprint density at radius 1 is 1.33 bits per heavy atom. The first-order chi connectivity index (χ1) is 8.16. The summed E-state index contributed by atoms with van der Waals surface area (Å²) in [7, 11) is 0. The van der Waals surface area contributed by atoms with E-state index in [2.05, 4.69) is 15.5 Å². The molecule has 3 rings (SSSR count). The molecular weight excluding hydrogens is 245 g/mol. The van der Waals surface area contributed by atoms with Gasteiger partial charge < -0.3 is 15.2 Å². The van der Waals surface area contributed by atoms with E-state index in [1.165, 1.54) is 6.08 Å². The number of carboxylic acid groups (broad SMARTS) is 1. The van der Waals surface area contributed by atoms with E-state index in [0.29, 0.717) is 22.2 Å². The minimum absolute atomic E-state index is 0. The average molecular weight is 251 g/mol. The molecule has 0 radical (unpaired) electrons. The molecule has 0 spiro atoms. The molecule has 2 aromatic rings. The Kier molecular flexibility index (Phi) is 3.25. The van der Waals surface area contributed by atoms with Gasteiger partial charge in [0.1, 0.15) is 0 Å². The van der Waals surface area contributed by atoms with Crippen LogP contribution in [0.25, 0.3) is 16.8 Å². The fourth-order valence-corrected chi connectivity index (χ4v) is 1.88. The van der Waals surface area contributed by atoms with Crippen molar-refractivity contribution in [1.29, 1.82) is 0 Å². The number of rotatable bonds is 1. The van der Waals surface area contributed by atoms with Gasteiger partial charge >= 0.3 is 29.6 Å². The van der Waals surface area contributed by atoms with E-state index in [1.54, 1.807) is 18.2 Å². The number of hydrogen-bond donors (Lipinski definition) is 2. The summed E-state index contributed by atoms with van der Waals surface area (Å²) in [6, 6.07) is 5.01. The third-order valence-corrected chi connectivity index (χ3v) is 2.61. The first kappa shape index (κ1) is 12.8. The van der Waals surface area contributed by atoms with Crippen LogP contribution < -0.4 is 45.5 Å². The van der Waals surface area contributed by atoms with Crippen LogP contribution in [-0.2, 0) is 4.79 Å². The summed E-state index contributed by atoms with van der Waals surface area (Å²) in [5, 5.41) is 20.7. The molecule has 2 heterocycles. The van der Waals surface area contributed by atoms with Gasteiger partial charge in [-0.15, -0.1) is 0 Å². The number of hydrogen-bond acceptors (Lipinski definition) is 5. The van der Waals surface area contributed by atoms with Crippen LogP contribution in [0.5, 0.6) is 0 Å². The van der Waals surface area contributed by atoms with Crippen molar-refractivity contribution in [3.8, 4) is 0 Å². The summed E-state index contributed by atoms with van der Waals surface area (Å²) in [5.41, 5.74) is 0.563. The van der Waals surface area contributed by atoms with Gasteiger partial charge in [0.2, 0.25) is 0 Å². The normalized spacial score (nSPS) is 12.3. The number of aliphatic carboxylic acids is 1. The van der Waals surface area contributed by atoms with Gasteiger partial charge in [-0.05, 0) is 18.2 Å². The first-order valence-corrected chi connectivity index (χ1v) is 4.88. The minimum Gasteiger partial charge on any atom is -0.543 e. The molecule has 84 valence electrons. The average Bonchev–Trinajstić information content (AvgIpc) is 2.33. The molecule has 0 bridgehead atoms. The number of aromatic amines is 1. The maximum atomic E-state index is 11.5. The van der Waals surface area contributed by atoms with Gasteiger partial charge in [-0.1, -0.05) is 6.07 Å². The van der Waals surface area contributed by atoms with Crippen LogP contribution in [0.4, 0.5) is 5.69 Å². The van der Waals surface area contributed by atoms with Crippen LogP contribution in [0.3, 0.4) is 0 Å². The summed E-state index contributed by atoms with van der Waals surface area (Å²) in [4.78, 5) is 22.4. The van der Waals surface area contributed by atoms with Crippen molar-refractivity contribution < 1.29 is 39.5 Å². The molecular formula is C11H6N3NaO3. The fourth-order valence-electron chi connectivity index (χ4n) is 1.88. The number of carboxylic acids is 1. The van der Waals surface area contributed by atoms with Crippen LogP contribution in [0, 0.1) is 0 Å². The smallest absolute Gasteiger partial charge is 0.543 e. The summed E-state index contributed by atoms with van der Waals surface area (Å²) >= 11 is 0. The summed E-state index contributed by atoms with van der Waals surface area (Å²) in [6.45, 7) is 0. The number of aromatic nitrogens is 2. The van der Waals surface area contributed by atoms with E-state index in [0.717, 1.165) is 0 Å². The van der Waals surface area contributed by atoms with E-state index in [9.17, 15) is 14.7 Å². The summed E-state index contributed by atoms with van der Waals surface area (Å²) < 4.78 is 0. The molecule has 2 N–H and O–H groups in total. The van der Waals surface area contributed by atoms with Crippen LogP contribution in [0.15, 0.2) is 28.7 Å². The first-order valence-electron chi connectivity index (χ1n) is 4.88. The quantitative estimate of drug-likeness (QED) is 0.511. The number of carbonyl (C=O) groups is 1. The van der Waals surface area contributed by atoms with Crippen molar-refractivity contribution in [3.63, 3.8) is 0 Å². The standard InChI is InChI=1S/C11H7N3O3.Na/c15-10-5-2-1-3-6-9(5)7(13-14-10)4-8(12-6)11(16)17;/h1-4,12H,(H,14,15)(H,16,17);/q;+1/p-1. The van der Waals surface area contributed by atoms with Gasteiger partial charge in [-0.3, -0.25) is 4.79 Å². The summed E-state index contributed by atoms with van der Waals surface area (Å²) in [5.74, 6) is -1.32. The van der Waals surface area contributed by atoms with Crippen molar-refractivity contribution in [2.24, 2.45) is 0 Å². The molecule has 0 atom stereocenters. The fraction of sp³-hybridized carbons (Fsp3) is 0. The maximum Gasteiger partial charge on any atom is 1.00 e. The maximum absolute atomic E-state index is 11.5. The van der Waals surface area contributed by atoms with Crippen LogP contribution in [0.1, 0.15) is 5.69 Å². The monoisotopic (exact) mass is 251 g/mol. The van der Waals surface area contributed by atoms with Crippen LogP contribution in [0.2, 0.25) is 0 Å². The molecule has 0 saturated carbocycles. The third kappa shape index (κ3) is 1.84. The van der Waals surface area contributed by atoms with Gasteiger partial charge in [0.15, 0.2) is 0 Å². The zero-order valence-corrected chi connectivity index (χ0v) is 11.5. The zero-order chi connectivity index (χ0) is 12.0. The van der Waals surface area contributed by atoms with E-state index in [1.807, 2.05) is 0 Å². The number of anilines is 1. The molecule has 7 heteroatoms. The van der Waals surface area contributed by atoms with Gasteiger partial charge in [0.05, 0.1) is 22.7 Å². The second-order valence-corrected chi connectivity index (χ2v) is 3.64. The Morgan fingerprint density at radius 2 is 2.11 bits per heavy atom. The second-order valence-electron chi connectivity index (χ2n) is 3.64. The Morgan fingerprint density at radius 3 is 2.83 bits per heavy atom. The third-order valence-electron chi connectivity index (χ3n) is 2.61. The molecule has 1 aromatic heterocycles. The molecule has 0 saturated heterocycles. The topological polar surface area (TPSA) is 97.9 Å². The number of benzene rings is 1. The summed E-state index contributed by atoms with van der Waals surface area (Å²) in [6.07, 6.45) is 1.33. The molecule has 0 fully saturated rings. The SMILES string of the molecule is O=C([O-])C1=Cc2n[nH]c(=O)c3cccc(c23)N1.[Na+]. The van der Waals surface area contributed by atoms with E-state index in [4.69, 9.17) is 0 Å². The van der Waals surface area contributed by atoms with Crippen LogP contribution >= 0.6 is 0 Å². The molecule has 1 aliphatic rings. The zero-order valence-electron chi connectivity index (χ0n) is 9.48. The predicted molar refractivity (Wildman–Crippen MR) is 59.0 cm³/mol. The van der Waals surface area contributed by atoms with Gasteiger partial charge in [0.25, 0.3) is 5.56 Å². The number of H-pyrrole nitrogens is 1. The molecule has 0 amide bonds. The van der Waals surface area contributed by atoms with E-state index < -0.39 is 5.97 Å². The van der Waals surface area contributed by atoms with Crippen LogP contribution in [-0.4, -0.2) is 16.2 Å². The molecule has 0 unspecified atom stereocenters. The van der Waals surface area contributed by atoms with E-state index >= 15 is 0 Å². The number of carbonyl (C=O) groups excluding carboxylic acids is 1. The molecule has 6 nitrogen and oxygen atoms in total. The van der Waals surface area contributed by atoms with Gasteiger partial charge in [0, 0.05) is 11.1 Å². The van der Waals surface area contributed by atoms with Crippen molar-refractivity contribution in [2.75, 3.05) is 5.32 Å². The van der Waals surface area contributed by atoms with Crippen molar-refractivity contribution >= 4 is 28.5 Å². The van der Waals surface area contributed by atoms with Gasteiger partial charge in [-0.2, -0.15) is 5.10 Å². The minimum atomic E-state index is -1.32. The largest absolute Gasteiger partial charge is 1.00 e. The Hall–Kier alpha value is -1.63. The second kappa shape index (κ2) is 4.56. The van der Waals surface area contributed by atoms with Crippen molar-refractivity contribution in [1.82, 2.24) is 10.2 Å². The Bertz CT molecular complexity index is 736. The van der Waals surface area contributed by atoms with Crippen molar-refractivity contribution in [2.45, 2.75) is 0 Å². The van der Waals surface area contributed by atoms with E-state index in [-0.39, 0.29) is 40.8 Å². The predicted octanol–water partition coefficient (Wildman–Crippen LogP) is -3.56. The molecule has 1 aromatic carbocycles. The molecule has 18 heavy (non-hydrogen) atoms. The van der Waals surface area contributed by atoms with Crippen molar-refractivity contribution in [3.05, 3.63) is 39.9 Å². The molecule has 1 aliphatic heterocycles. The number of nitrogens with zero attached hydrogens (tertiary/aromatic N) is 1. The number of nitrogens with one attached hydrogen (secondary N) is 2. The Balaban J connectivity index is 0.00000120.